The summed E-state index contributed by atoms with van der Waals surface area (Å²) in [5.41, 5.74) is -0.520. The number of carboxylic acids is 1. The van der Waals surface area contributed by atoms with Crippen LogP contribution in [0.3, 0.4) is 0 Å². The Morgan fingerprint density at radius 3 is 2.55 bits per heavy atom. The molecular weight excluding hydrogens is 324 g/mol. The molecule has 0 saturated heterocycles. The van der Waals surface area contributed by atoms with Gasteiger partial charge in [0.1, 0.15) is 5.69 Å². The molecule has 1 heterocycles. The number of carboxylic acid groups (broad SMARTS) is 1. The van der Waals surface area contributed by atoms with Gasteiger partial charge in [-0.2, -0.15) is 0 Å². The molecule has 5 nitrogen and oxygen atoms in total. The van der Waals surface area contributed by atoms with Crippen LogP contribution < -0.4 is 5.32 Å². The van der Waals surface area contributed by atoms with Gasteiger partial charge in [0.2, 0.25) is 0 Å². The lowest BCUT2D eigenvalue weighted by atomic mass is 9.74. The number of halogens is 1. The molecule has 1 aliphatic rings. The number of pyridine rings is 1. The fraction of sp³-hybridized carbons (Fsp3) is 0.500. The van der Waals surface area contributed by atoms with Gasteiger partial charge in [-0.25, -0.2) is 4.98 Å². The molecule has 0 unspecified atom stereocenters. The van der Waals surface area contributed by atoms with Crippen LogP contribution in [0.2, 0.25) is 0 Å². The van der Waals surface area contributed by atoms with Crippen molar-refractivity contribution in [1.29, 1.82) is 0 Å². The molecule has 0 bridgehead atoms. The molecular formula is C14H17BrN2O3. The Morgan fingerprint density at radius 1 is 1.30 bits per heavy atom. The number of hydrogen-bond acceptors (Lipinski definition) is 3. The Bertz CT molecular complexity index is 496. The molecule has 108 valence electrons. The summed E-state index contributed by atoms with van der Waals surface area (Å²) in [5.74, 6) is -1.15. The van der Waals surface area contributed by atoms with Gasteiger partial charge in [0.25, 0.3) is 5.91 Å². The number of amides is 1. The van der Waals surface area contributed by atoms with Crippen molar-refractivity contribution in [1.82, 2.24) is 10.3 Å². The first-order valence-corrected chi connectivity index (χ1v) is 7.46. The summed E-state index contributed by atoms with van der Waals surface area (Å²) in [6.45, 7) is 0.166. The summed E-state index contributed by atoms with van der Waals surface area (Å²) >= 11 is 3.25. The quantitative estimate of drug-likeness (QED) is 0.882. The average Bonchev–Trinajstić information content (AvgIpc) is 2.46. The minimum absolute atomic E-state index is 0.166. The van der Waals surface area contributed by atoms with E-state index in [9.17, 15) is 14.7 Å². The molecule has 2 rings (SSSR count). The SMILES string of the molecule is O=C(NCC1(C(=O)O)CCCCC1)c1ccc(Br)cn1. The highest BCUT2D eigenvalue weighted by molar-refractivity contribution is 9.10. The van der Waals surface area contributed by atoms with Crippen LogP contribution in [0.4, 0.5) is 0 Å². The van der Waals surface area contributed by atoms with E-state index in [1.54, 1.807) is 18.3 Å². The van der Waals surface area contributed by atoms with Crippen LogP contribution in [-0.2, 0) is 4.79 Å². The zero-order valence-electron chi connectivity index (χ0n) is 11.1. The van der Waals surface area contributed by atoms with E-state index in [2.05, 4.69) is 26.2 Å². The summed E-state index contributed by atoms with van der Waals surface area (Å²) < 4.78 is 0.795. The van der Waals surface area contributed by atoms with Crippen molar-refractivity contribution in [2.24, 2.45) is 5.41 Å². The van der Waals surface area contributed by atoms with Crippen molar-refractivity contribution in [2.45, 2.75) is 32.1 Å². The van der Waals surface area contributed by atoms with E-state index in [0.29, 0.717) is 18.5 Å². The van der Waals surface area contributed by atoms with E-state index < -0.39 is 11.4 Å². The van der Waals surface area contributed by atoms with Crippen molar-refractivity contribution >= 4 is 27.8 Å². The molecule has 1 saturated carbocycles. The fourth-order valence-corrected chi connectivity index (χ4v) is 2.78. The Hall–Kier alpha value is -1.43. The molecule has 1 aromatic heterocycles. The van der Waals surface area contributed by atoms with E-state index >= 15 is 0 Å². The van der Waals surface area contributed by atoms with Gasteiger partial charge in [-0.1, -0.05) is 19.3 Å². The number of carbonyl (C=O) groups is 2. The lowest BCUT2D eigenvalue weighted by Crippen LogP contribution is -2.44. The van der Waals surface area contributed by atoms with E-state index in [1.165, 1.54) is 0 Å². The first-order chi connectivity index (χ1) is 9.53. The van der Waals surface area contributed by atoms with Crippen molar-refractivity contribution in [3.8, 4) is 0 Å². The van der Waals surface area contributed by atoms with Gasteiger partial charge in [0.15, 0.2) is 0 Å². The van der Waals surface area contributed by atoms with Gasteiger partial charge in [-0.3, -0.25) is 9.59 Å². The lowest BCUT2D eigenvalue weighted by Gasteiger charge is -2.33. The first kappa shape index (κ1) is 15.0. The molecule has 20 heavy (non-hydrogen) atoms. The van der Waals surface area contributed by atoms with Crippen LogP contribution in [0, 0.1) is 5.41 Å². The second-order valence-electron chi connectivity index (χ2n) is 5.19. The van der Waals surface area contributed by atoms with Crippen LogP contribution in [0.5, 0.6) is 0 Å². The zero-order chi connectivity index (χ0) is 14.6. The summed E-state index contributed by atoms with van der Waals surface area (Å²) in [5, 5.41) is 12.1. The molecule has 0 atom stereocenters. The van der Waals surface area contributed by atoms with E-state index in [1.807, 2.05) is 0 Å². The maximum Gasteiger partial charge on any atom is 0.311 e. The Morgan fingerprint density at radius 2 is 2.00 bits per heavy atom. The molecule has 2 N–H and O–H groups in total. The highest BCUT2D eigenvalue weighted by atomic mass is 79.9. The Labute approximate surface area is 125 Å². The van der Waals surface area contributed by atoms with Crippen LogP contribution in [0.1, 0.15) is 42.6 Å². The lowest BCUT2D eigenvalue weighted by molar-refractivity contribution is -0.150. The third-order valence-electron chi connectivity index (χ3n) is 3.81. The first-order valence-electron chi connectivity index (χ1n) is 6.67. The van der Waals surface area contributed by atoms with Gasteiger partial charge in [-0.05, 0) is 40.9 Å². The number of rotatable bonds is 4. The van der Waals surface area contributed by atoms with Crippen molar-refractivity contribution < 1.29 is 14.7 Å². The van der Waals surface area contributed by atoms with Gasteiger partial charge in [0, 0.05) is 17.2 Å². The molecule has 0 spiro atoms. The Balaban J connectivity index is 2.00. The summed E-state index contributed by atoms with van der Waals surface area (Å²) in [4.78, 5) is 27.5. The topological polar surface area (TPSA) is 79.3 Å². The predicted molar refractivity (Wildman–Crippen MR) is 77.4 cm³/mol. The van der Waals surface area contributed by atoms with Gasteiger partial charge < -0.3 is 10.4 Å². The third kappa shape index (κ3) is 3.36. The molecule has 0 aliphatic heterocycles. The monoisotopic (exact) mass is 340 g/mol. The van der Waals surface area contributed by atoms with E-state index in [-0.39, 0.29) is 12.5 Å². The van der Waals surface area contributed by atoms with Crippen LogP contribution in [-0.4, -0.2) is 28.5 Å². The summed E-state index contributed by atoms with van der Waals surface area (Å²) in [7, 11) is 0. The van der Waals surface area contributed by atoms with Gasteiger partial charge in [-0.15, -0.1) is 0 Å². The molecule has 0 radical (unpaired) electrons. The minimum Gasteiger partial charge on any atom is -0.481 e. The fourth-order valence-electron chi connectivity index (χ4n) is 2.54. The highest BCUT2D eigenvalue weighted by Crippen LogP contribution is 2.36. The number of carbonyl (C=O) groups excluding carboxylic acids is 1. The van der Waals surface area contributed by atoms with Crippen molar-refractivity contribution in [3.63, 3.8) is 0 Å². The molecule has 1 aliphatic carbocycles. The van der Waals surface area contributed by atoms with Gasteiger partial charge in [0.05, 0.1) is 5.41 Å². The van der Waals surface area contributed by atoms with Crippen molar-refractivity contribution in [3.05, 3.63) is 28.5 Å². The average molecular weight is 341 g/mol. The number of nitrogens with one attached hydrogen (secondary N) is 1. The molecule has 0 aromatic carbocycles. The zero-order valence-corrected chi connectivity index (χ0v) is 12.6. The normalized spacial score (nSPS) is 17.4. The minimum atomic E-state index is -0.818. The maximum absolute atomic E-state index is 12.0. The van der Waals surface area contributed by atoms with Crippen LogP contribution >= 0.6 is 15.9 Å². The second-order valence-corrected chi connectivity index (χ2v) is 6.11. The smallest absolute Gasteiger partial charge is 0.311 e. The van der Waals surface area contributed by atoms with Crippen LogP contribution in [0.15, 0.2) is 22.8 Å². The van der Waals surface area contributed by atoms with E-state index in [4.69, 9.17) is 0 Å². The predicted octanol–water partition coefficient (Wildman–Crippen LogP) is 2.61. The van der Waals surface area contributed by atoms with E-state index in [0.717, 1.165) is 23.7 Å². The number of aliphatic carboxylic acids is 1. The van der Waals surface area contributed by atoms with Crippen molar-refractivity contribution in [2.75, 3.05) is 6.54 Å². The third-order valence-corrected chi connectivity index (χ3v) is 4.28. The standard InChI is InChI=1S/C14H17BrN2O3/c15-10-4-5-11(16-8-10)12(18)17-9-14(13(19)20)6-2-1-3-7-14/h4-5,8H,1-3,6-7,9H2,(H,17,18)(H,19,20). The summed E-state index contributed by atoms with van der Waals surface area (Å²) in [6.07, 6.45) is 5.66. The molecule has 1 fully saturated rings. The summed E-state index contributed by atoms with van der Waals surface area (Å²) in [6, 6.07) is 3.34. The number of aromatic nitrogens is 1. The highest BCUT2D eigenvalue weighted by Gasteiger charge is 2.39. The second kappa shape index (κ2) is 6.35. The molecule has 6 heteroatoms. The number of hydrogen-bond donors (Lipinski definition) is 2. The van der Waals surface area contributed by atoms with Gasteiger partial charge >= 0.3 is 5.97 Å². The molecule has 1 aromatic rings. The molecule has 1 amide bonds. The van der Waals surface area contributed by atoms with Crippen LogP contribution in [0.25, 0.3) is 0 Å². The number of nitrogens with zero attached hydrogens (tertiary/aromatic N) is 1. The maximum atomic E-state index is 12.0. The largest absolute Gasteiger partial charge is 0.481 e. The Kier molecular flexibility index (Phi) is 4.75.